The first kappa shape index (κ1) is 9.97. The summed E-state index contributed by atoms with van der Waals surface area (Å²) in [6, 6.07) is 0.149. The molecule has 0 aromatic rings. The average Bonchev–Trinajstić information content (AvgIpc) is 2.94. The lowest BCUT2D eigenvalue weighted by Crippen LogP contribution is -2.44. The zero-order valence-electron chi connectivity index (χ0n) is 9.00. The van der Waals surface area contributed by atoms with Gasteiger partial charge in [0.05, 0.1) is 6.04 Å². The van der Waals surface area contributed by atoms with E-state index >= 15 is 0 Å². The molecule has 0 aliphatic heterocycles. The van der Waals surface area contributed by atoms with Crippen LogP contribution in [0.4, 0.5) is 0 Å². The van der Waals surface area contributed by atoms with E-state index in [1.807, 2.05) is 0 Å². The van der Waals surface area contributed by atoms with Gasteiger partial charge in [-0.3, -0.25) is 10.3 Å². The first-order chi connectivity index (χ1) is 6.66. The van der Waals surface area contributed by atoms with Crippen molar-refractivity contribution in [2.75, 3.05) is 13.1 Å². The highest BCUT2D eigenvalue weighted by molar-refractivity contribution is 5.82. The maximum atomic E-state index is 7.50. The molecular weight excluding hydrogens is 174 g/mol. The molecule has 1 unspecified atom stereocenters. The lowest BCUT2D eigenvalue weighted by Gasteiger charge is -2.28. The van der Waals surface area contributed by atoms with Crippen LogP contribution >= 0.6 is 0 Å². The average molecular weight is 195 g/mol. The van der Waals surface area contributed by atoms with Crippen molar-refractivity contribution in [3.05, 3.63) is 0 Å². The number of nitrogens with zero attached hydrogens (tertiary/aromatic N) is 1. The van der Waals surface area contributed by atoms with Gasteiger partial charge < -0.3 is 5.73 Å². The third kappa shape index (κ3) is 2.71. The fraction of sp³-hybridized carbons (Fsp3) is 0.909. The van der Waals surface area contributed by atoms with Crippen molar-refractivity contribution < 1.29 is 0 Å². The fourth-order valence-electron chi connectivity index (χ4n) is 1.85. The summed E-state index contributed by atoms with van der Waals surface area (Å²) in [5.74, 6) is 2.12. The van der Waals surface area contributed by atoms with Crippen molar-refractivity contribution in [1.82, 2.24) is 4.90 Å². The maximum absolute atomic E-state index is 7.50. The normalized spacial score (nSPS) is 23.9. The van der Waals surface area contributed by atoms with Crippen LogP contribution in [0.3, 0.4) is 0 Å². The summed E-state index contributed by atoms with van der Waals surface area (Å²) >= 11 is 0. The molecule has 3 heteroatoms. The van der Waals surface area contributed by atoms with Crippen molar-refractivity contribution in [3.8, 4) is 0 Å². The Morgan fingerprint density at radius 2 is 1.71 bits per heavy atom. The Morgan fingerprint density at radius 3 is 2.00 bits per heavy atom. The van der Waals surface area contributed by atoms with Gasteiger partial charge in [-0.05, 0) is 44.4 Å². The molecule has 0 bridgehead atoms. The first-order valence-corrected chi connectivity index (χ1v) is 5.74. The predicted octanol–water partition coefficient (Wildman–Crippen LogP) is 1.43. The van der Waals surface area contributed by atoms with Crippen LogP contribution < -0.4 is 5.73 Å². The molecule has 0 radical (unpaired) electrons. The van der Waals surface area contributed by atoms with Crippen molar-refractivity contribution in [2.45, 2.75) is 38.6 Å². The van der Waals surface area contributed by atoms with Crippen molar-refractivity contribution >= 4 is 5.84 Å². The molecule has 2 aliphatic carbocycles. The SMILES string of the molecule is CC(C(=N)N)N(CC1CC1)CC1CC1. The molecule has 0 aromatic carbocycles. The Labute approximate surface area is 86.2 Å². The van der Waals surface area contributed by atoms with Gasteiger partial charge in [0, 0.05) is 13.1 Å². The Hall–Kier alpha value is -0.570. The zero-order valence-corrected chi connectivity index (χ0v) is 9.00. The third-order valence-electron chi connectivity index (χ3n) is 3.38. The van der Waals surface area contributed by atoms with Gasteiger partial charge in [-0.15, -0.1) is 0 Å². The summed E-state index contributed by atoms with van der Waals surface area (Å²) < 4.78 is 0. The smallest absolute Gasteiger partial charge is 0.108 e. The maximum Gasteiger partial charge on any atom is 0.108 e. The predicted molar refractivity (Wildman–Crippen MR) is 58.4 cm³/mol. The Balaban J connectivity index is 1.84. The molecule has 80 valence electrons. The van der Waals surface area contributed by atoms with Crippen LogP contribution in [0.5, 0.6) is 0 Å². The summed E-state index contributed by atoms with van der Waals surface area (Å²) in [6.45, 7) is 4.39. The van der Waals surface area contributed by atoms with Crippen LogP contribution in [-0.4, -0.2) is 29.9 Å². The minimum atomic E-state index is 0.149. The molecule has 2 saturated carbocycles. The number of hydrogen-bond donors (Lipinski definition) is 2. The summed E-state index contributed by atoms with van der Waals surface area (Å²) in [6.07, 6.45) is 5.52. The number of hydrogen-bond acceptors (Lipinski definition) is 2. The fourth-order valence-corrected chi connectivity index (χ4v) is 1.85. The molecule has 2 rings (SSSR count). The van der Waals surface area contributed by atoms with E-state index in [-0.39, 0.29) is 6.04 Å². The Kier molecular flexibility index (Phi) is 2.77. The van der Waals surface area contributed by atoms with E-state index in [0.29, 0.717) is 5.84 Å². The molecule has 14 heavy (non-hydrogen) atoms. The highest BCUT2D eigenvalue weighted by Crippen LogP contribution is 2.34. The molecule has 0 saturated heterocycles. The second kappa shape index (κ2) is 3.89. The van der Waals surface area contributed by atoms with E-state index in [0.717, 1.165) is 24.9 Å². The Bertz CT molecular complexity index is 205. The van der Waals surface area contributed by atoms with Gasteiger partial charge in [-0.25, -0.2) is 0 Å². The van der Waals surface area contributed by atoms with Gasteiger partial charge in [0.15, 0.2) is 0 Å². The molecule has 2 aliphatic rings. The monoisotopic (exact) mass is 195 g/mol. The number of nitrogens with one attached hydrogen (secondary N) is 1. The van der Waals surface area contributed by atoms with Gasteiger partial charge >= 0.3 is 0 Å². The quantitative estimate of drug-likeness (QED) is 0.497. The molecule has 3 nitrogen and oxygen atoms in total. The first-order valence-electron chi connectivity index (χ1n) is 5.74. The van der Waals surface area contributed by atoms with E-state index in [1.54, 1.807) is 0 Å². The highest BCUT2D eigenvalue weighted by Gasteiger charge is 2.31. The van der Waals surface area contributed by atoms with Gasteiger partial charge in [0.25, 0.3) is 0 Å². The second-order valence-electron chi connectivity index (χ2n) is 4.97. The third-order valence-corrected chi connectivity index (χ3v) is 3.38. The number of nitrogens with two attached hydrogens (primary N) is 1. The minimum absolute atomic E-state index is 0.149. The molecule has 0 spiro atoms. The van der Waals surface area contributed by atoms with Crippen LogP contribution in [0.2, 0.25) is 0 Å². The van der Waals surface area contributed by atoms with Crippen LogP contribution in [0, 0.1) is 17.2 Å². The van der Waals surface area contributed by atoms with Gasteiger partial charge in [0.1, 0.15) is 5.84 Å². The summed E-state index contributed by atoms with van der Waals surface area (Å²) in [5.41, 5.74) is 5.57. The van der Waals surface area contributed by atoms with Crippen molar-refractivity contribution in [2.24, 2.45) is 17.6 Å². The summed E-state index contributed by atoms with van der Waals surface area (Å²) in [7, 11) is 0. The van der Waals surface area contributed by atoms with Crippen LogP contribution in [0.1, 0.15) is 32.6 Å². The second-order valence-corrected chi connectivity index (χ2v) is 4.97. The summed E-state index contributed by atoms with van der Waals surface area (Å²) in [5, 5.41) is 7.50. The lowest BCUT2D eigenvalue weighted by molar-refractivity contribution is 0.231. The van der Waals surface area contributed by atoms with Crippen LogP contribution in [-0.2, 0) is 0 Å². The molecular formula is C11H21N3. The highest BCUT2D eigenvalue weighted by atomic mass is 15.2. The van der Waals surface area contributed by atoms with Crippen LogP contribution in [0.15, 0.2) is 0 Å². The molecule has 0 amide bonds. The standard InChI is InChI=1S/C11H21N3/c1-8(11(12)13)14(6-9-2-3-9)7-10-4-5-10/h8-10H,2-7H2,1H3,(H3,12,13). The van der Waals surface area contributed by atoms with E-state index in [2.05, 4.69) is 11.8 Å². The molecule has 2 fully saturated rings. The van der Waals surface area contributed by atoms with Crippen molar-refractivity contribution in [3.63, 3.8) is 0 Å². The van der Waals surface area contributed by atoms with Crippen molar-refractivity contribution in [1.29, 1.82) is 5.41 Å². The molecule has 1 atom stereocenters. The van der Waals surface area contributed by atoms with E-state index in [4.69, 9.17) is 11.1 Å². The zero-order chi connectivity index (χ0) is 10.1. The topological polar surface area (TPSA) is 53.1 Å². The van der Waals surface area contributed by atoms with E-state index in [1.165, 1.54) is 25.7 Å². The van der Waals surface area contributed by atoms with Gasteiger partial charge in [0.2, 0.25) is 0 Å². The molecule has 0 aromatic heterocycles. The lowest BCUT2D eigenvalue weighted by atomic mass is 10.2. The van der Waals surface area contributed by atoms with E-state index in [9.17, 15) is 0 Å². The minimum Gasteiger partial charge on any atom is -0.386 e. The summed E-state index contributed by atoms with van der Waals surface area (Å²) in [4.78, 5) is 2.41. The number of amidine groups is 1. The van der Waals surface area contributed by atoms with E-state index < -0.39 is 0 Å². The molecule has 0 heterocycles. The molecule has 3 N–H and O–H groups in total. The number of rotatable bonds is 6. The largest absolute Gasteiger partial charge is 0.386 e. The Morgan fingerprint density at radius 1 is 1.29 bits per heavy atom. The van der Waals surface area contributed by atoms with Gasteiger partial charge in [-0.2, -0.15) is 0 Å². The van der Waals surface area contributed by atoms with Crippen LogP contribution in [0.25, 0.3) is 0 Å². The van der Waals surface area contributed by atoms with Gasteiger partial charge in [-0.1, -0.05) is 0 Å².